The molecule has 0 radical (unpaired) electrons. The van der Waals surface area contributed by atoms with Crippen molar-refractivity contribution in [2.24, 2.45) is 0 Å². The van der Waals surface area contributed by atoms with Crippen molar-refractivity contribution < 1.29 is 4.79 Å². The quantitative estimate of drug-likeness (QED) is 0.576. The molecule has 0 saturated heterocycles. The van der Waals surface area contributed by atoms with E-state index in [0.717, 1.165) is 34.5 Å². The van der Waals surface area contributed by atoms with Gasteiger partial charge in [0.15, 0.2) is 4.34 Å². The van der Waals surface area contributed by atoms with Crippen LogP contribution in [-0.2, 0) is 4.79 Å². The zero-order valence-electron chi connectivity index (χ0n) is 11.8. The summed E-state index contributed by atoms with van der Waals surface area (Å²) in [6.45, 7) is 2.84. The van der Waals surface area contributed by atoms with Gasteiger partial charge in [-0.05, 0) is 18.6 Å². The maximum atomic E-state index is 11.6. The molecule has 0 saturated carbocycles. The molecule has 0 aliphatic heterocycles. The average Bonchev–Trinajstić information content (AvgIpc) is 2.94. The third-order valence-electron chi connectivity index (χ3n) is 2.61. The number of aromatic nitrogens is 2. The highest BCUT2D eigenvalue weighted by atomic mass is 32.2. The lowest BCUT2D eigenvalue weighted by Crippen LogP contribution is -2.25. The van der Waals surface area contributed by atoms with E-state index in [9.17, 15) is 4.79 Å². The molecule has 1 aromatic heterocycles. The second-order valence-corrected chi connectivity index (χ2v) is 6.56. The van der Waals surface area contributed by atoms with Crippen molar-refractivity contribution in [3.63, 3.8) is 0 Å². The zero-order chi connectivity index (χ0) is 14.9. The van der Waals surface area contributed by atoms with Crippen LogP contribution in [0.25, 0.3) is 0 Å². The van der Waals surface area contributed by atoms with Crippen LogP contribution in [-0.4, -0.2) is 28.4 Å². The molecular formula is C14H18N4OS2. The van der Waals surface area contributed by atoms with E-state index in [1.54, 1.807) is 0 Å². The predicted molar refractivity (Wildman–Crippen MR) is 88.3 cm³/mol. The summed E-state index contributed by atoms with van der Waals surface area (Å²) in [7, 11) is 0. The second kappa shape index (κ2) is 8.63. The Balaban J connectivity index is 1.77. The molecule has 2 N–H and O–H groups in total. The van der Waals surface area contributed by atoms with E-state index in [-0.39, 0.29) is 5.91 Å². The van der Waals surface area contributed by atoms with Gasteiger partial charge in [-0.1, -0.05) is 54.6 Å². The number of hydrogen-bond donors (Lipinski definition) is 2. The minimum Gasteiger partial charge on any atom is -0.355 e. The fourth-order valence-corrected chi connectivity index (χ4v) is 3.15. The van der Waals surface area contributed by atoms with Crippen molar-refractivity contribution in [1.29, 1.82) is 0 Å². The number of benzene rings is 1. The summed E-state index contributed by atoms with van der Waals surface area (Å²) in [5, 5.41) is 14.9. The minimum absolute atomic E-state index is 0.0428. The lowest BCUT2D eigenvalue weighted by atomic mass is 10.3. The average molecular weight is 322 g/mol. The first kappa shape index (κ1) is 15.8. The van der Waals surface area contributed by atoms with Gasteiger partial charge >= 0.3 is 0 Å². The number of para-hydroxylation sites is 1. The van der Waals surface area contributed by atoms with E-state index >= 15 is 0 Å². The molecule has 0 bridgehead atoms. The Bertz CT molecular complexity index is 559. The number of rotatable bonds is 8. The fraction of sp³-hybridized carbons (Fsp3) is 0.357. The Morgan fingerprint density at radius 3 is 2.86 bits per heavy atom. The Morgan fingerprint density at radius 2 is 2.10 bits per heavy atom. The molecule has 7 heteroatoms. The van der Waals surface area contributed by atoms with Crippen LogP contribution in [0.2, 0.25) is 0 Å². The van der Waals surface area contributed by atoms with Crippen LogP contribution < -0.4 is 10.6 Å². The smallest absolute Gasteiger partial charge is 0.230 e. The highest BCUT2D eigenvalue weighted by Gasteiger charge is 2.08. The molecule has 1 heterocycles. The lowest BCUT2D eigenvalue weighted by molar-refractivity contribution is -0.118. The third kappa shape index (κ3) is 5.73. The highest BCUT2D eigenvalue weighted by Crippen LogP contribution is 2.27. The van der Waals surface area contributed by atoms with E-state index in [1.165, 1.54) is 23.1 Å². The van der Waals surface area contributed by atoms with Crippen molar-refractivity contribution in [3.8, 4) is 0 Å². The first-order chi connectivity index (χ1) is 10.3. The number of hydrogen-bond acceptors (Lipinski definition) is 6. The van der Waals surface area contributed by atoms with Gasteiger partial charge < -0.3 is 10.6 Å². The van der Waals surface area contributed by atoms with Crippen molar-refractivity contribution in [3.05, 3.63) is 30.3 Å². The Labute approximate surface area is 132 Å². The number of nitrogens with zero attached hydrogens (tertiary/aromatic N) is 2. The molecule has 0 unspecified atom stereocenters. The topological polar surface area (TPSA) is 66.9 Å². The monoisotopic (exact) mass is 322 g/mol. The van der Waals surface area contributed by atoms with Gasteiger partial charge in [-0.25, -0.2) is 0 Å². The standard InChI is InChI=1S/C14H18N4OS2/c1-2-3-9-15-12(19)10-20-14-18-17-13(21-14)16-11-7-5-4-6-8-11/h4-8H,2-3,9-10H2,1H3,(H,15,19)(H,16,17). The van der Waals surface area contributed by atoms with Crippen LogP contribution >= 0.6 is 23.1 Å². The summed E-state index contributed by atoms with van der Waals surface area (Å²) >= 11 is 2.86. The third-order valence-corrected chi connectivity index (χ3v) is 4.58. The molecule has 0 spiro atoms. The summed E-state index contributed by atoms with van der Waals surface area (Å²) in [5.74, 6) is 0.421. The van der Waals surface area contributed by atoms with Gasteiger partial charge in [0.2, 0.25) is 11.0 Å². The van der Waals surface area contributed by atoms with Crippen LogP contribution in [0.3, 0.4) is 0 Å². The van der Waals surface area contributed by atoms with Crippen LogP contribution in [0.15, 0.2) is 34.7 Å². The summed E-state index contributed by atoms with van der Waals surface area (Å²) in [6.07, 6.45) is 2.10. The molecular weight excluding hydrogens is 304 g/mol. The zero-order valence-corrected chi connectivity index (χ0v) is 13.5. The predicted octanol–water partition coefficient (Wildman–Crippen LogP) is 3.29. The minimum atomic E-state index is 0.0428. The molecule has 0 fully saturated rings. The van der Waals surface area contributed by atoms with Crippen molar-refractivity contribution >= 4 is 39.8 Å². The summed E-state index contributed by atoms with van der Waals surface area (Å²) in [5.41, 5.74) is 0.975. The molecule has 1 amide bonds. The van der Waals surface area contributed by atoms with Crippen molar-refractivity contribution in [1.82, 2.24) is 15.5 Å². The normalized spacial score (nSPS) is 10.3. The SMILES string of the molecule is CCCCNC(=O)CSc1nnc(Nc2ccccc2)s1. The Kier molecular flexibility index (Phi) is 6.49. The number of amides is 1. The molecule has 0 atom stereocenters. The van der Waals surface area contributed by atoms with Crippen molar-refractivity contribution in [2.45, 2.75) is 24.1 Å². The van der Waals surface area contributed by atoms with E-state index < -0.39 is 0 Å². The number of carbonyl (C=O) groups is 1. The molecule has 21 heavy (non-hydrogen) atoms. The second-order valence-electron chi connectivity index (χ2n) is 4.36. The van der Waals surface area contributed by atoms with Gasteiger partial charge in [0.05, 0.1) is 5.75 Å². The molecule has 5 nitrogen and oxygen atoms in total. The van der Waals surface area contributed by atoms with Crippen LogP contribution in [0, 0.1) is 0 Å². The fourth-order valence-electron chi connectivity index (χ4n) is 1.55. The summed E-state index contributed by atoms with van der Waals surface area (Å²) in [6, 6.07) is 9.81. The molecule has 1 aromatic carbocycles. The number of thioether (sulfide) groups is 1. The molecule has 0 aliphatic rings. The van der Waals surface area contributed by atoms with Crippen LogP contribution in [0.4, 0.5) is 10.8 Å². The van der Waals surface area contributed by atoms with E-state index in [4.69, 9.17) is 0 Å². The molecule has 2 rings (SSSR count). The van der Waals surface area contributed by atoms with Crippen LogP contribution in [0.1, 0.15) is 19.8 Å². The van der Waals surface area contributed by atoms with Gasteiger partial charge in [0.1, 0.15) is 0 Å². The van der Waals surface area contributed by atoms with E-state index in [2.05, 4.69) is 27.8 Å². The van der Waals surface area contributed by atoms with Crippen molar-refractivity contribution in [2.75, 3.05) is 17.6 Å². The number of carbonyl (C=O) groups excluding carboxylic acids is 1. The maximum absolute atomic E-state index is 11.6. The summed E-state index contributed by atoms with van der Waals surface area (Å²) < 4.78 is 0.791. The van der Waals surface area contributed by atoms with Gasteiger partial charge in [0.25, 0.3) is 0 Å². The first-order valence-corrected chi connectivity index (χ1v) is 8.63. The van der Waals surface area contributed by atoms with Gasteiger partial charge in [0, 0.05) is 12.2 Å². The Morgan fingerprint density at radius 1 is 1.29 bits per heavy atom. The number of unbranched alkanes of at least 4 members (excludes halogenated alkanes) is 1. The number of nitrogens with one attached hydrogen (secondary N) is 2. The first-order valence-electron chi connectivity index (χ1n) is 6.83. The maximum Gasteiger partial charge on any atom is 0.230 e. The van der Waals surface area contributed by atoms with Gasteiger partial charge in [-0.15, -0.1) is 10.2 Å². The number of anilines is 2. The van der Waals surface area contributed by atoms with E-state index in [1.807, 2.05) is 30.3 Å². The van der Waals surface area contributed by atoms with Crippen LogP contribution in [0.5, 0.6) is 0 Å². The molecule has 2 aromatic rings. The summed E-state index contributed by atoms with van der Waals surface area (Å²) in [4.78, 5) is 11.6. The largest absolute Gasteiger partial charge is 0.355 e. The molecule has 0 aliphatic carbocycles. The lowest BCUT2D eigenvalue weighted by Gasteiger charge is -2.02. The molecule has 112 valence electrons. The Hall–Kier alpha value is -1.60. The van der Waals surface area contributed by atoms with Gasteiger partial charge in [-0.2, -0.15) is 0 Å². The highest BCUT2D eigenvalue weighted by molar-refractivity contribution is 8.01. The van der Waals surface area contributed by atoms with Gasteiger partial charge in [-0.3, -0.25) is 4.79 Å². The van der Waals surface area contributed by atoms with E-state index in [0.29, 0.717) is 5.75 Å².